The summed E-state index contributed by atoms with van der Waals surface area (Å²) in [4.78, 5) is 5.33. The first kappa shape index (κ1) is 11.7. The van der Waals surface area contributed by atoms with Gasteiger partial charge in [0.05, 0.1) is 14.2 Å². The van der Waals surface area contributed by atoms with E-state index in [1.54, 1.807) is 25.6 Å². The van der Waals surface area contributed by atoms with Gasteiger partial charge in [0.15, 0.2) is 11.5 Å². The number of aromatic nitrogens is 1. The molecular weight excluding hydrogens is 236 g/mol. The molecule has 2 aromatic rings. The van der Waals surface area contributed by atoms with Gasteiger partial charge in [0.1, 0.15) is 10.8 Å². The lowest BCUT2D eigenvalue weighted by Gasteiger charge is -2.08. The minimum atomic E-state index is 0.583. The average molecular weight is 250 g/mol. The molecule has 2 rings (SSSR count). The van der Waals surface area contributed by atoms with Crippen molar-refractivity contribution in [3.63, 3.8) is 0 Å². The van der Waals surface area contributed by atoms with Crippen LogP contribution in [0.4, 0.5) is 5.82 Å². The maximum Gasteiger partial charge on any atom is 0.161 e. The Bertz CT molecular complexity index is 518. The molecule has 1 aromatic carbocycles. The number of hydrogen-bond donors (Lipinski definition) is 1. The lowest BCUT2D eigenvalue weighted by molar-refractivity contribution is 0.355. The molecule has 2 N–H and O–H groups in total. The van der Waals surface area contributed by atoms with E-state index in [-0.39, 0.29) is 0 Å². The first-order valence-corrected chi connectivity index (χ1v) is 5.92. The Morgan fingerprint density at radius 1 is 1.18 bits per heavy atom. The van der Waals surface area contributed by atoms with Crippen LogP contribution in [0, 0.1) is 6.92 Å². The average Bonchev–Trinajstić information content (AvgIpc) is 2.68. The van der Waals surface area contributed by atoms with Gasteiger partial charge in [0, 0.05) is 10.4 Å². The number of methoxy groups -OCH3 is 2. The van der Waals surface area contributed by atoms with E-state index in [1.807, 2.05) is 25.1 Å². The van der Waals surface area contributed by atoms with Crippen LogP contribution in [0.2, 0.25) is 0 Å². The largest absolute Gasteiger partial charge is 0.493 e. The number of nitrogens with zero attached hydrogens (tertiary/aromatic N) is 1. The Morgan fingerprint density at radius 3 is 2.41 bits per heavy atom. The Morgan fingerprint density at radius 2 is 1.88 bits per heavy atom. The summed E-state index contributed by atoms with van der Waals surface area (Å²) in [5.41, 5.74) is 6.73. The number of hydrogen-bond acceptors (Lipinski definition) is 5. The molecule has 0 spiro atoms. The second kappa shape index (κ2) is 4.63. The number of ether oxygens (including phenoxy) is 2. The van der Waals surface area contributed by atoms with Crippen LogP contribution in [0.15, 0.2) is 18.2 Å². The van der Waals surface area contributed by atoms with Crippen molar-refractivity contribution < 1.29 is 9.47 Å². The van der Waals surface area contributed by atoms with Crippen molar-refractivity contribution in [2.24, 2.45) is 0 Å². The summed E-state index contributed by atoms with van der Waals surface area (Å²) in [6.07, 6.45) is 0. The van der Waals surface area contributed by atoms with E-state index in [9.17, 15) is 0 Å². The fourth-order valence-corrected chi connectivity index (χ4v) is 2.33. The van der Waals surface area contributed by atoms with Gasteiger partial charge in [-0.25, -0.2) is 4.98 Å². The lowest BCUT2D eigenvalue weighted by atomic mass is 10.2. The number of rotatable bonds is 3. The van der Waals surface area contributed by atoms with Crippen molar-refractivity contribution >= 4 is 17.2 Å². The van der Waals surface area contributed by atoms with Crippen LogP contribution in [0.25, 0.3) is 10.6 Å². The molecule has 0 fully saturated rings. The molecule has 0 aliphatic rings. The van der Waals surface area contributed by atoms with Crippen molar-refractivity contribution in [3.05, 3.63) is 23.1 Å². The van der Waals surface area contributed by atoms with Crippen LogP contribution >= 0.6 is 11.3 Å². The minimum absolute atomic E-state index is 0.583. The Kier molecular flexibility index (Phi) is 3.19. The first-order chi connectivity index (χ1) is 8.15. The Labute approximate surface area is 104 Å². The number of anilines is 1. The molecule has 0 bridgehead atoms. The SMILES string of the molecule is COc1ccc(-c2nc(N)c(C)s2)cc1OC. The van der Waals surface area contributed by atoms with Crippen molar-refractivity contribution in [1.82, 2.24) is 4.98 Å². The molecule has 0 unspecified atom stereocenters. The van der Waals surface area contributed by atoms with E-state index < -0.39 is 0 Å². The molecule has 5 heteroatoms. The molecule has 0 saturated heterocycles. The number of thiazole rings is 1. The molecule has 1 heterocycles. The monoisotopic (exact) mass is 250 g/mol. The van der Waals surface area contributed by atoms with E-state index in [2.05, 4.69) is 4.98 Å². The van der Waals surface area contributed by atoms with Gasteiger partial charge in [-0.15, -0.1) is 11.3 Å². The summed E-state index contributed by atoms with van der Waals surface area (Å²) in [5.74, 6) is 1.98. The van der Waals surface area contributed by atoms with Gasteiger partial charge in [-0.3, -0.25) is 0 Å². The quantitative estimate of drug-likeness (QED) is 0.910. The van der Waals surface area contributed by atoms with E-state index >= 15 is 0 Å². The third kappa shape index (κ3) is 2.19. The van der Waals surface area contributed by atoms with Crippen LogP contribution in [0.3, 0.4) is 0 Å². The first-order valence-electron chi connectivity index (χ1n) is 5.11. The number of aryl methyl sites for hydroxylation is 1. The maximum absolute atomic E-state index is 5.75. The van der Waals surface area contributed by atoms with Gasteiger partial charge in [0.2, 0.25) is 0 Å². The number of nitrogens with two attached hydrogens (primary N) is 1. The van der Waals surface area contributed by atoms with Gasteiger partial charge < -0.3 is 15.2 Å². The van der Waals surface area contributed by atoms with Gasteiger partial charge in [0.25, 0.3) is 0 Å². The highest BCUT2D eigenvalue weighted by atomic mass is 32.1. The van der Waals surface area contributed by atoms with Gasteiger partial charge in [-0.05, 0) is 25.1 Å². The second-order valence-electron chi connectivity index (χ2n) is 3.53. The number of benzene rings is 1. The second-order valence-corrected chi connectivity index (χ2v) is 4.73. The summed E-state index contributed by atoms with van der Waals surface area (Å²) >= 11 is 1.57. The van der Waals surface area contributed by atoms with Crippen LogP contribution in [0.5, 0.6) is 11.5 Å². The fraction of sp³-hybridized carbons (Fsp3) is 0.250. The molecule has 4 nitrogen and oxygen atoms in total. The molecule has 17 heavy (non-hydrogen) atoms. The predicted octanol–water partition coefficient (Wildman–Crippen LogP) is 2.72. The zero-order valence-corrected chi connectivity index (χ0v) is 10.8. The normalized spacial score (nSPS) is 10.3. The fourth-order valence-electron chi connectivity index (χ4n) is 1.50. The molecule has 90 valence electrons. The highest BCUT2D eigenvalue weighted by molar-refractivity contribution is 7.15. The van der Waals surface area contributed by atoms with Gasteiger partial charge in [-0.1, -0.05) is 0 Å². The summed E-state index contributed by atoms with van der Waals surface area (Å²) in [5, 5.41) is 0.890. The smallest absolute Gasteiger partial charge is 0.161 e. The van der Waals surface area contributed by atoms with E-state index in [1.165, 1.54) is 0 Å². The van der Waals surface area contributed by atoms with Gasteiger partial charge >= 0.3 is 0 Å². The Balaban J connectivity index is 2.46. The molecule has 0 atom stereocenters. The highest BCUT2D eigenvalue weighted by Crippen LogP contribution is 2.35. The predicted molar refractivity (Wildman–Crippen MR) is 69.8 cm³/mol. The molecule has 0 saturated carbocycles. The van der Waals surface area contributed by atoms with Crippen molar-refractivity contribution in [3.8, 4) is 22.1 Å². The van der Waals surface area contributed by atoms with Crippen LogP contribution in [0.1, 0.15) is 4.88 Å². The zero-order chi connectivity index (χ0) is 12.4. The molecule has 0 radical (unpaired) electrons. The topological polar surface area (TPSA) is 57.4 Å². The third-order valence-electron chi connectivity index (χ3n) is 2.46. The van der Waals surface area contributed by atoms with Gasteiger partial charge in [-0.2, -0.15) is 0 Å². The van der Waals surface area contributed by atoms with Crippen LogP contribution in [-0.4, -0.2) is 19.2 Å². The van der Waals surface area contributed by atoms with Crippen LogP contribution < -0.4 is 15.2 Å². The maximum atomic E-state index is 5.75. The zero-order valence-electron chi connectivity index (χ0n) is 9.98. The minimum Gasteiger partial charge on any atom is -0.493 e. The third-order valence-corrected chi connectivity index (χ3v) is 3.50. The molecule has 0 amide bonds. The van der Waals surface area contributed by atoms with E-state index in [0.29, 0.717) is 17.3 Å². The summed E-state index contributed by atoms with van der Waals surface area (Å²) < 4.78 is 10.4. The Hall–Kier alpha value is -1.75. The molecule has 0 aliphatic heterocycles. The summed E-state index contributed by atoms with van der Waals surface area (Å²) in [6.45, 7) is 1.96. The standard InChI is InChI=1S/C12H14N2O2S/c1-7-11(13)14-12(17-7)8-4-5-9(15-2)10(6-8)16-3/h4-6H,13H2,1-3H3. The molecule has 0 aliphatic carbocycles. The summed E-state index contributed by atoms with van der Waals surface area (Å²) in [6, 6.07) is 5.71. The van der Waals surface area contributed by atoms with Crippen molar-refractivity contribution in [2.45, 2.75) is 6.92 Å². The van der Waals surface area contributed by atoms with Crippen molar-refractivity contribution in [2.75, 3.05) is 20.0 Å². The van der Waals surface area contributed by atoms with E-state index in [0.717, 1.165) is 15.4 Å². The highest BCUT2D eigenvalue weighted by Gasteiger charge is 2.10. The molecule has 1 aromatic heterocycles. The summed E-state index contributed by atoms with van der Waals surface area (Å²) in [7, 11) is 3.23. The van der Waals surface area contributed by atoms with Crippen LogP contribution in [-0.2, 0) is 0 Å². The van der Waals surface area contributed by atoms with Crippen molar-refractivity contribution in [1.29, 1.82) is 0 Å². The lowest BCUT2D eigenvalue weighted by Crippen LogP contribution is -1.91. The number of nitrogen functional groups attached to an aromatic ring is 1. The van der Waals surface area contributed by atoms with E-state index in [4.69, 9.17) is 15.2 Å². The molecular formula is C12H14N2O2S.